The first-order valence-electron chi connectivity index (χ1n) is 9.89. The van der Waals surface area contributed by atoms with Crippen LogP contribution in [0, 0.1) is 12.7 Å². The van der Waals surface area contributed by atoms with Gasteiger partial charge < -0.3 is 9.88 Å². The number of aromatic nitrogens is 1. The minimum Gasteiger partial charge on any atom is -0.352 e. The van der Waals surface area contributed by atoms with Crippen LogP contribution in [0.4, 0.5) is 4.39 Å². The van der Waals surface area contributed by atoms with E-state index in [0.29, 0.717) is 6.54 Å². The summed E-state index contributed by atoms with van der Waals surface area (Å²) in [6.45, 7) is 5.10. The Morgan fingerprint density at radius 3 is 2.57 bits per heavy atom. The molecule has 4 rings (SSSR count). The summed E-state index contributed by atoms with van der Waals surface area (Å²) in [5.41, 5.74) is 3.33. The van der Waals surface area contributed by atoms with Crippen LogP contribution in [0.3, 0.4) is 0 Å². The van der Waals surface area contributed by atoms with Gasteiger partial charge in [-0.05, 0) is 55.0 Å². The number of likely N-dealkylation sites (tertiary alicyclic amines) is 1. The maximum Gasteiger partial charge on any atom is 0.240 e. The highest BCUT2D eigenvalue weighted by molar-refractivity contribution is 5.84. The van der Waals surface area contributed by atoms with Gasteiger partial charge in [-0.1, -0.05) is 30.3 Å². The first-order chi connectivity index (χ1) is 13.6. The number of hydrogen-bond donors (Lipinski definition) is 1. The number of aryl methyl sites for hydroxylation is 1. The second-order valence-corrected chi connectivity index (χ2v) is 7.68. The molecule has 3 aromatic rings. The molecule has 1 N–H and O–H groups in total. The Hall–Kier alpha value is -2.66. The molecule has 0 radical (unpaired) electrons. The SMILES string of the molecule is Cc1cc2ccccc2n1CC(=O)NC1CCN(Cc2ccc(F)cc2)CC1. The number of nitrogens with zero attached hydrogens (tertiary/aromatic N) is 2. The van der Waals surface area contributed by atoms with Gasteiger partial charge in [-0.25, -0.2) is 4.39 Å². The molecule has 1 aliphatic rings. The van der Waals surface area contributed by atoms with Gasteiger partial charge in [0.2, 0.25) is 5.91 Å². The maximum absolute atomic E-state index is 13.0. The van der Waals surface area contributed by atoms with Crippen molar-refractivity contribution in [3.63, 3.8) is 0 Å². The Morgan fingerprint density at radius 2 is 1.82 bits per heavy atom. The molecule has 1 fully saturated rings. The van der Waals surface area contributed by atoms with E-state index in [4.69, 9.17) is 0 Å². The molecule has 2 heterocycles. The van der Waals surface area contributed by atoms with Crippen molar-refractivity contribution in [1.82, 2.24) is 14.8 Å². The van der Waals surface area contributed by atoms with Gasteiger partial charge in [0, 0.05) is 36.9 Å². The first kappa shape index (κ1) is 18.7. The molecule has 0 spiro atoms. The number of carbonyl (C=O) groups excluding carboxylic acids is 1. The monoisotopic (exact) mass is 379 g/mol. The second kappa shape index (κ2) is 8.15. The number of hydrogen-bond acceptors (Lipinski definition) is 2. The summed E-state index contributed by atoms with van der Waals surface area (Å²) in [5.74, 6) is -0.127. The molecule has 0 saturated carbocycles. The molecule has 146 valence electrons. The normalized spacial score (nSPS) is 15.8. The summed E-state index contributed by atoms with van der Waals surface area (Å²) in [4.78, 5) is 15.0. The zero-order valence-electron chi connectivity index (χ0n) is 16.2. The third-order valence-electron chi connectivity index (χ3n) is 5.59. The molecule has 1 aliphatic heterocycles. The smallest absolute Gasteiger partial charge is 0.240 e. The largest absolute Gasteiger partial charge is 0.352 e. The molecule has 4 nitrogen and oxygen atoms in total. The van der Waals surface area contributed by atoms with E-state index in [1.165, 1.54) is 17.5 Å². The molecule has 28 heavy (non-hydrogen) atoms. The molecule has 1 aromatic heterocycles. The van der Waals surface area contributed by atoms with Crippen LogP contribution in [0.2, 0.25) is 0 Å². The van der Waals surface area contributed by atoms with Crippen LogP contribution < -0.4 is 5.32 Å². The van der Waals surface area contributed by atoms with Gasteiger partial charge in [-0.2, -0.15) is 0 Å². The number of benzene rings is 2. The summed E-state index contributed by atoms with van der Waals surface area (Å²) in [6, 6.07) is 17.2. The Balaban J connectivity index is 1.29. The molecule has 0 aliphatic carbocycles. The van der Waals surface area contributed by atoms with E-state index in [1.54, 1.807) is 0 Å². The highest BCUT2D eigenvalue weighted by Crippen LogP contribution is 2.19. The topological polar surface area (TPSA) is 37.3 Å². The third kappa shape index (κ3) is 4.25. The lowest BCUT2D eigenvalue weighted by molar-refractivity contribution is -0.122. The van der Waals surface area contributed by atoms with Crippen molar-refractivity contribution in [2.45, 2.75) is 38.9 Å². The van der Waals surface area contributed by atoms with Crippen LogP contribution in [0.25, 0.3) is 10.9 Å². The number of nitrogens with one attached hydrogen (secondary N) is 1. The van der Waals surface area contributed by atoms with Crippen LogP contribution in [-0.4, -0.2) is 34.5 Å². The summed E-state index contributed by atoms with van der Waals surface area (Å²) in [5, 5.41) is 4.37. The van der Waals surface area contributed by atoms with Crippen LogP contribution in [0.15, 0.2) is 54.6 Å². The molecule has 5 heteroatoms. The van der Waals surface area contributed by atoms with Gasteiger partial charge in [-0.3, -0.25) is 9.69 Å². The lowest BCUT2D eigenvalue weighted by Crippen LogP contribution is -2.45. The quantitative estimate of drug-likeness (QED) is 0.731. The van der Waals surface area contributed by atoms with Crippen molar-refractivity contribution in [3.8, 4) is 0 Å². The van der Waals surface area contributed by atoms with E-state index < -0.39 is 0 Å². The van der Waals surface area contributed by atoms with Gasteiger partial charge in [0.25, 0.3) is 0 Å². The Labute approximate surface area is 165 Å². The number of para-hydroxylation sites is 1. The molecular weight excluding hydrogens is 353 g/mol. The molecule has 0 bridgehead atoms. The second-order valence-electron chi connectivity index (χ2n) is 7.68. The highest BCUT2D eigenvalue weighted by Gasteiger charge is 2.21. The molecule has 1 amide bonds. The lowest BCUT2D eigenvalue weighted by Gasteiger charge is -2.32. The number of fused-ring (bicyclic) bond motifs is 1. The van der Waals surface area contributed by atoms with Crippen molar-refractivity contribution in [1.29, 1.82) is 0 Å². The van der Waals surface area contributed by atoms with E-state index in [-0.39, 0.29) is 17.8 Å². The van der Waals surface area contributed by atoms with E-state index in [1.807, 2.05) is 31.2 Å². The van der Waals surface area contributed by atoms with E-state index >= 15 is 0 Å². The zero-order chi connectivity index (χ0) is 19.5. The van der Waals surface area contributed by atoms with Crippen LogP contribution in [0.5, 0.6) is 0 Å². The summed E-state index contributed by atoms with van der Waals surface area (Å²) in [6.07, 6.45) is 1.89. The minimum absolute atomic E-state index is 0.0708. The van der Waals surface area contributed by atoms with E-state index in [0.717, 1.165) is 49.2 Å². The first-order valence-corrected chi connectivity index (χ1v) is 9.89. The van der Waals surface area contributed by atoms with Crippen molar-refractivity contribution in [2.75, 3.05) is 13.1 Å². The van der Waals surface area contributed by atoms with Crippen molar-refractivity contribution >= 4 is 16.8 Å². The third-order valence-corrected chi connectivity index (χ3v) is 5.59. The minimum atomic E-state index is -0.198. The average molecular weight is 379 g/mol. The lowest BCUT2D eigenvalue weighted by atomic mass is 10.0. The predicted octanol–water partition coefficient (Wildman–Crippen LogP) is 3.87. The number of piperidine rings is 1. The van der Waals surface area contributed by atoms with Gasteiger partial charge in [-0.15, -0.1) is 0 Å². The standard InChI is InChI=1S/C23H26FN3O/c1-17-14-19-4-2-3-5-22(19)27(17)16-23(28)25-21-10-12-26(13-11-21)15-18-6-8-20(24)9-7-18/h2-9,14,21H,10-13,15-16H2,1H3,(H,25,28). The fraction of sp³-hybridized carbons (Fsp3) is 0.348. The molecule has 0 unspecified atom stereocenters. The predicted molar refractivity (Wildman–Crippen MR) is 110 cm³/mol. The Bertz CT molecular complexity index is 956. The van der Waals surface area contributed by atoms with Crippen LogP contribution in [-0.2, 0) is 17.9 Å². The Morgan fingerprint density at radius 1 is 1.11 bits per heavy atom. The van der Waals surface area contributed by atoms with Gasteiger partial charge in [0.15, 0.2) is 0 Å². The fourth-order valence-corrected chi connectivity index (χ4v) is 4.06. The molecular formula is C23H26FN3O. The Kier molecular flexibility index (Phi) is 5.44. The summed E-state index contributed by atoms with van der Waals surface area (Å²) >= 11 is 0. The molecule has 2 aromatic carbocycles. The van der Waals surface area contributed by atoms with Crippen molar-refractivity contribution < 1.29 is 9.18 Å². The summed E-state index contributed by atoms with van der Waals surface area (Å²) in [7, 11) is 0. The molecule has 0 atom stereocenters. The molecule has 1 saturated heterocycles. The number of amides is 1. The van der Waals surface area contributed by atoms with E-state index in [2.05, 4.69) is 33.0 Å². The van der Waals surface area contributed by atoms with Crippen molar-refractivity contribution in [2.24, 2.45) is 0 Å². The maximum atomic E-state index is 13.0. The zero-order valence-corrected chi connectivity index (χ0v) is 16.2. The highest BCUT2D eigenvalue weighted by atomic mass is 19.1. The van der Waals surface area contributed by atoms with E-state index in [9.17, 15) is 9.18 Å². The van der Waals surface area contributed by atoms with Crippen LogP contribution >= 0.6 is 0 Å². The van der Waals surface area contributed by atoms with Gasteiger partial charge in [0.05, 0.1) is 0 Å². The summed E-state index contributed by atoms with van der Waals surface area (Å²) < 4.78 is 15.1. The number of halogens is 1. The van der Waals surface area contributed by atoms with Crippen molar-refractivity contribution in [3.05, 3.63) is 71.7 Å². The number of carbonyl (C=O) groups is 1. The average Bonchev–Trinajstić information content (AvgIpc) is 3.00. The van der Waals surface area contributed by atoms with Crippen LogP contribution in [0.1, 0.15) is 24.1 Å². The van der Waals surface area contributed by atoms with Gasteiger partial charge >= 0.3 is 0 Å². The fourth-order valence-electron chi connectivity index (χ4n) is 4.06. The van der Waals surface area contributed by atoms with Gasteiger partial charge in [0.1, 0.15) is 12.4 Å². The number of rotatable bonds is 5.